The molecule has 3 nitrogen and oxygen atoms in total. The molecule has 0 spiro atoms. The van der Waals surface area contributed by atoms with Crippen LogP contribution in [0.2, 0.25) is 0 Å². The molecule has 4 heteroatoms. The Hall–Kier alpha value is -1.42. The molecule has 0 bridgehead atoms. The molecule has 2 aromatic carbocycles. The number of rotatable bonds is 13. The normalized spacial score (nSPS) is 12.1. The number of methoxy groups -OCH3 is 1. The Bertz CT molecular complexity index is 687. The van der Waals surface area contributed by atoms with E-state index < -0.39 is 0 Å². The zero-order valence-corrected chi connectivity index (χ0v) is 18.5. The number of alkyl halides is 1. The van der Waals surface area contributed by atoms with Gasteiger partial charge < -0.3 is 14.2 Å². The molecule has 1 atom stereocenters. The summed E-state index contributed by atoms with van der Waals surface area (Å²) >= 11 is 3.45. The molecule has 0 saturated heterocycles. The lowest BCUT2D eigenvalue weighted by molar-refractivity contribution is 0.183. The quantitative estimate of drug-likeness (QED) is 0.246. The minimum absolute atomic E-state index is 0.285. The zero-order chi connectivity index (χ0) is 19.5. The molecule has 27 heavy (non-hydrogen) atoms. The molecule has 0 radical (unpaired) electrons. The van der Waals surface area contributed by atoms with Crippen LogP contribution in [0.4, 0.5) is 0 Å². The van der Waals surface area contributed by atoms with Gasteiger partial charge in [-0.2, -0.15) is 0 Å². The Morgan fingerprint density at radius 3 is 2.56 bits per heavy atom. The van der Waals surface area contributed by atoms with Crippen LogP contribution in [0, 0.1) is 0 Å². The number of halogens is 1. The fourth-order valence-corrected chi connectivity index (χ4v) is 3.59. The Morgan fingerprint density at radius 2 is 1.85 bits per heavy atom. The number of fused-ring (bicyclic) bond motifs is 1. The van der Waals surface area contributed by atoms with E-state index in [0.717, 1.165) is 59.0 Å². The van der Waals surface area contributed by atoms with Gasteiger partial charge in [0.05, 0.1) is 19.8 Å². The van der Waals surface area contributed by atoms with Gasteiger partial charge in [0.15, 0.2) is 11.5 Å². The highest BCUT2D eigenvalue weighted by atomic mass is 79.9. The molecule has 2 rings (SSSR count). The fraction of sp³-hybridized carbons (Fsp3) is 0.565. The van der Waals surface area contributed by atoms with E-state index >= 15 is 0 Å². The first kappa shape index (κ1) is 21.9. The van der Waals surface area contributed by atoms with Gasteiger partial charge in [0.2, 0.25) is 0 Å². The van der Waals surface area contributed by atoms with Crippen LogP contribution in [0.1, 0.15) is 58.8 Å². The molecule has 0 N–H and O–H groups in total. The summed E-state index contributed by atoms with van der Waals surface area (Å²) in [5.41, 5.74) is 0. The summed E-state index contributed by atoms with van der Waals surface area (Å²) < 4.78 is 17.8. The summed E-state index contributed by atoms with van der Waals surface area (Å²) in [5, 5.41) is 3.17. The molecule has 2 aromatic rings. The van der Waals surface area contributed by atoms with Crippen LogP contribution in [0.15, 0.2) is 30.3 Å². The van der Waals surface area contributed by atoms with E-state index in [0.29, 0.717) is 6.61 Å². The Labute approximate surface area is 172 Å². The number of ether oxygens (including phenoxy) is 3. The third-order valence-corrected chi connectivity index (χ3v) is 5.34. The molecule has 0 aliphatic rings. The SMILES string of the molecule is CCCCCC(CC)Oc1ccc2c(OC)c(OCCCCBr)ccc2c1. The molecule has 0 aliphatic carbocycles. The van der Waals surface area contributed by atoms with E-state index in [-0.39, 0.29) is 6.10 Å². The van der Waals surface area contributed by atoms with Gasteiger partial charge in [-0.25, -0.2) is 0 Å². The lowest BCUT2D eigenvalue weighted by Crippen LogP contribution is -2.15. The molecule has 0 amide bonds. The van der Waals surface area contributed by atoms with Crippen molar-refractivity contribution in [3.8, 4) is 17.2 Å². The maximum atomic E-state index is 6.24. The first-order valence-electron chi connectivity index (χ1n) is 10.2. The van der Waals surface area contributed by atoms with E-state index in [9.17, 15) is 0 Å². The second-order valence-corrected chi connectivity index (χ2v) is 7.66. The maximum absolute atomic E-state index is 6.24. The van der Waals surface area contributed by atoms with E-state index in [2.05, 4.69) is 48.0 Å². The third-order valence-electron chi connectivity index (χ3n) is 4.78. The first-order valence-corrected chi connectivity index (χ1v) is 11.3. The van der Waals surface area contributed by atoms with E-state index in [1.54, 1.807) is 7.11 Å². The van der Waals surface area contributed by atoms with Gasteiger partial charge >= 0.3 is 0 Å². The van der Waals surface area contributed by atoms with Gasteiger partial charge in [-0.05, 0) is 61.8 Å². The Balaban J connectivity index is 2.12. The molecule has 0 fully saturated rings. The predicted octanol–water partition coefficient (Wildman–Crippen LogP) is 7.14. The highest BCUT2D eigenvalue weighted by Gasteiger charge is 2.12. The average Bonchev–Trinajstić information content (AvgIpc) is 2.70. The second-order valence-electron chi connectivity index (χ2n) is 6.87. The monoisotopic (exact) mass is 436 g/mol. The smallest absolute Gasteiger partial charge is 0.168 e. The largest absolute Gasteiger partial charge is 0.492 e. The van der Waals surface area contributed by atoms with Crippen molar-refractivity contribution in [2.24, 2.45) is 0 Å². The van der Waals surface area contributed by atoms with Crippen LogP contribution in [-0.4, -0.2) is 25.2 Å². The van der Waals surface area contributed by atoms with Crippen LogP contribution in [0.3, 0.4) is 0 Å². The van der Waals surface area contributed by atoms with Crippen LogP contribution >= 0.6 is 15.9 Å². The van der Waals surface area contributed by atoms with Crippen LogP contribution < -0.4 is 14.2 Å². The summed E-state index contributed by atoms with van der Waals surface area (Å²) in [5.74, 6) is 2.53. The van der Waals surface area contributed by atoms with Crippen molar-refractivity contribution in [1.29, 1.82) is 0 Å². The van der Waals surface area contributed by atoms with Crippen LogP contribution in [0.25, 0.3) is 10.8 Å². The van der Waals surface area contributed by atoms with Gasteiger partial charge in [0.1, 0.15) is 5.75 Å². The molecule has 150 valence electrons. The third kappa shape index (κ3) is 6.60. The lowest BCUT2D eigenvalue weighted by atomic mass is 10.1. The zero-order valence-electron chi connectivity index (χ0n) is 16.9. The number of benzene rings is 2. The Kier molecular flexibility index (Phi) is 9.82. The average molecular weight is 437 g/mol. The van der Waals surface area contributed by atoms with Crippen molar-refractivity contribution in [1.82, 2.24) is 0 Å². The number of unbranched alkanes of at least 4 members (excludes halogenated alkanes) is 3. The van der Waals surface area contributed by atoms with Gasteiger partial charge in [-0.3, -0.25) is 0 Å². The summed E-state index contributed by atoms with van der Waals surface area (Å²) in [6.45, 7) is 5.13. The van der Waals surface area contributed by atoms with Crippen molar-refractivity contribution < 1.29 is 14.2 Å². The summed E-state index contributed by atoms with van der Waals surface area (Å²) in [6, 6.07) is 10.3. The molecule has 0 heterocycles. The van der Waals surface area contributed by atoms with E-state index in [1.165, 1.54) is 19.3 Å². The molecular formula is C23H33BrO3. The van der Waals surface area contributed by atoms with E-state index in [4.69, 9.17) is 14.2 Å². The van der Waals surface area contributed by atoms with Gasteiger partial charge in [0.25, 0.3) is 0 Å². The predicted molar refractivity (Wildman–Crippen MR) is 118 cm³/mol. The van der Waals surface area contributed by atoms with Crippen molar-refractivity contribution in [3.63, 3.8) is 0 Å². The summed E-state index contributed by atoms with van der Waals surface area (Å²) in [6.07, 6.45) is 8.31. The number of hydrogen-bond acceptors (Lipinski definition) is 3. The minimum atomic E-state index is 0.285. The molecule has 0 aromatic heterocycles. The van der Waals surface area contributed by atoms with Gasteiger partial charge in [-0.1, -0.05) is 48.7 Å². The lowest BCUT2D eigenvalue weighted by Gasteiger charge is -2.18. The fourth-order valence-electron chi connectivity index (χ4n) is 3.20. The highest BCUT2D eigenvalue weighted by Crippen LogP contribution is 2.37. The second kappa shape index (κ2) is 12.1. The molecule has 1 unspecified atom stereocenters. The molecule has 0 aliphatic heterocycles. The topological polar surface area (TPSA) is 27.7 Å². The van der Waals surface area contributed by atoms with Crippen molar-refractivity contribution >= 4 is 26.7 Å². The van der Waals surface area contributed by atoms with Gasteiger partial charge in [-0.15, -0.1) is 0 Å². The van der Waals surface area contributed by atoms with Gasteiger partial charge in [0, 0.05) is 10.7 Å². The summed E-state index contributed by atoms with van der Waals surface area (Å²) in [4.78, 5) is 0. The highest BCUT2D eigenvalue weighted by molar-refractivity contribution is 9.09. The Morgan fingerprint density at radius 1 is 1.00 bits per heavy atom. The minimum Gasteiger partial charge on any atom is -0.492 e. The van der Waals surface area contributed by atoms with Crippen molar-refractivity contribution in [2.75, 3.05) is 19.0 Å². The molecule has 0 saturated carbocycles. The molecular weight excluding hydrogens is 404 g/mol. The maximum Gasteiger partial charge on any atom is 0.168 e. The number of hydrogen-bond donors (Lipinski definition) is 0. The standard InChI is InChI=1S/C23H33BrO3/c1-4-6-7-10-19(5-2)27-20-12-13-21-18(17-20)11-14-22(23(21)25-3)26-16-9-8-15-24/h11-14,17,19H,4-10,15-16H2,1-3H3. The van der Waals surface area contributed by atoms with Crippen molar-refractivity contribution in [3.05, 3.63) is 30.3 Å². The van der Waals surface area contributed by atoms with Crippen molar-refractivity contribution in [2.45, 2.75) is 64.9 Å². The van der Waals surface area contributed by atoms with Crippen LogP contribution in [0.5, 0.6) is 17.2 Å². The first-order chi connectivity index (χ1) is 13.2. The van der Waals surface area contributed by atoms with Crippen LogP contribution in [-0.2, 0) is 0 Å². The van der Waals surface area contributed by atoms with E-state index in [1.807, 2.05) is 12.1 Å². The summed E-state index contributed by atoms with van der Waals surface area (Å²) in [7, 11) is 1.70.